The Kier molecular flexibility index (Phi) is 5.52. The third-order valence-corrected chi connectivity index (χ3v) is 5.00. The van der Waals surface area contributed by atoms with E-state index < -0.39 is 5.82 Å². The molecule has 0 aliphatic rings. The van der Waals surface area contributed by atoms with Gasteiger partial charge in [0.25, 0.3) is 5.91 Å². The molecule has 0 fully saturated rings. The highest BCUT2D eigenvalue weighted by Gasteiger charge is 2.15. The topological polar surface area (TPSA) is 46.9 Å². The van der Waals surface area contributed by atoms with Crippen LogP contribution in [0.2, 0.25) is 0 Å². The van der Waals surface area contributed by atoms with Gasteiger partial charge in [-0.15, -0.1) is 0 Å². The van der Waals surface area contributed by atoms with E-state index in [9.17, 15) is 9.18 Å². The van der Waals surface area contributed by atoms with Gasteiger partial charge in [0.1, 0.15) is 5.82 Å². The fraction of sp³-hybridized carbons (Fsp3) is 0.200. The van der Waals surface area contributed by atoms with Gasteiger partial charge < -0.3 is 5.32 Å². The molecule has 3 rings (SSSR count). The number of hydrogen-bond acceptors (Lipinski definition) is 2. The van der Waals surface area contributed by atoms with Gasteiger partial charge >= 0.3 is 0 Å². The molecule has 0 aliphatic carbocycles. The van der Waals surface area contributed by atoms with Gasteiger partial charge in [0.05, 0.1) is 17.8 Å². The van der Waals surface area contributed by atoms with Crippen LogP contribution < -0.4 is 5.32 Å². The van der Waals surface area contributed by atoms with Crippen molar-refractivity contribution in [2.24, 2.45) is 0 Å². The van der Waals surface area contributed by atoms with Crippen LogP contribution >= 0.6 is 15.9 Å². The van der Waals surface area contributed by atoms with Crippen molar-refractivity contribution in [2.75, 3.05) is 0 Å². The maximum absolute atomic E-state index is 13.4. The van der Waals surface area contributed by atoms with Crippen molar-refractivity contribution in [3.63, 3.8) is 0 Å². The average Bonchev–Trinajstić information content (AvgIpc) is 2.89. The predicted octanol–water partition coefficient (Wildman–Crippen LogP) is 4.38. The number of carbonyl (C=O) groups is 1. The smallest absolute Gasteiger partial charge is 0.252 e. The number of aromatic nitrogens is 2. The Balaban J connectivity index is 1.74. The first-order valence-corrected chi connectivity index (χ1v) is 9.05. The summed E-state index contributed by atoms with van der Waals surface area (Å²) < 4.78 is 15.9. The minimum Gasteiger partial charge on any atom is -0.348 e. The first-order chi connectivity index (χ1) is 12.5. The van der Waals surface area contributed by atoms with Crippen molar-refractivity contribution in [1.82, 2.24) is 15.1 Å². The molecule has 0 aliphatic heterocycles. The number of carbonyl (C=O) groups excluding carboxylic acids is 1. The van der Waals surface area contributed by atoms with E-state index in [2.05, 4.69) is 38.5 Å². The summed E-state index contributed by atoms with van der Waals surface area (Å²) in [6, 6.07) is 14.1. The third kappa shape index (κ3) is 4.02. The molecule has 4 nitrogen and oxygen atoms in total. The molecule has 1 amide bonds. The molecule has 1 aromatic heterocycles. The highest BCUT2D eigenvalue weighted by atomic mass is 79.9. The zero-order chi connectivity index (χ0) is 18.7. The number of nitrogens with zero attached hydrogens (tertiary/aromatic N) is 2. The minimum atomic E-state index is -0.443. The minimum absolute atomic E-state index is 0.275. The summed E-state index contributed by atoms with van der Waals surface area (Å²) in [5.41, 5.74) is 4.29. The van der Waals surface area contributed by atoms with E-state index >= 15 is 0 Å². The van der Waals surface area contributed by atoms with E-state index in [4.69, 9.17) is 0 Å². The summed E-state index contributed by atoms with van der Waals surface area (Å²) in [6.45, 7) is 4.93. The van der Waals surface area contributed by atoms with E-state index in [1.54, 1.807) is 0 Å². The SMILES string of the molecule is Cc1nn(Cc2ccccc2)c(C)c1CNC(=O)c1cc(F)ccc1Br. The van der Waals surface area contributed by atoms with Crippen molar-refractivity contribution in [1.29, 1.82) is 0 Å². The van der Waals surface area contributed by atoms with E-state index in [0.29, 0.717) is 17.6 Å². The van der Waals surface area contributed by atoms with Gasteiger partial charge in [-0.05, 0) is 53.5 Å². The van der Waals surface area contributed by atoms with Crippen LogP contribution in [0.3, 0.4) is 0 Å². The van der Waals surface area contributed by atoms with Crippen LogP contribution in [0.1, 0.15) is 32.9 Å². The number of rotatable bonds is 5. The number of amides is 1. The summed E-state index contributed by atoms with van der Waals surface area (Å²) >= 11 is 3.28. The molecular weight excluding hydrogens is 397 g/mol. The molecule has 0 atom stereocenters. The quantitative estimate of drug-likeness (QED) is 0.671. The molecular formula is C20H19BrFN3O. The van der Waals surface area contributed by atoms with Crippen LogP contribution in [0.25, 0.3) is 0 Å². The second-order valence-corrected chi connectivity index (χ2v) is 6.95. The van der Waals surface area contributed by atoms with Gasteiger partial charge in [0.15, 0.2) is 0 Å². The standard InChI is InChI=1S/C20H19BrFN3O/c1-13-18(11-23-20(26)17-10-16(22)8-9-19(17)21)14(2)25(24-13)12-15-6-4-3-5-7-15/h3-10H,11-12H2,1-2H3,(H,23,26). The largest absolute Gasteiger partial charge is 0.348 e. The average molecular weight is 416 g/mol. The molecule has 1 N–H and O–H groups in total. The summed E-state index contributed by atoms with van der Waals surface area (Å²) in [5.74, 6) is -0.771. The van der Waals surface area contributed by atoms with Crippen LogP contribution in [-0.4, -0.2) is 15.7 Å². The van der Waals surface area contributed by atoms with Crippen LogP contribution in [0.4, 0.5) is 4.39 Å². The first-order valence-electron chi connectivity index (χ1n) is 8.25. The molecule has 0 radical (unpaired) electrons. The highest BCUT2D eigenvalue weighted by molar-refractivity contribution is 9.10. The summed E-state index contributed by atoms with van der Waals surface area (Å²) in [4.78, 5) is 12.4. The maximum atomic E-state index is 13.4. The van der Waals surface area contributed by atoms with Crippen LogP contribution in [-0.2, 0) is 13.1 Å². The van der Waals surface area contributed by atoms with Gasteiger partial charge in [-0.3, -0.25) is 9.48 Å². The number of hydrogen-bond donors (Lipinski definition) is 1. The van der Waals surface area contributed by atoms with Crippen LogP contribution in [0.15, 0.2) is 53.0 Å². The fourth-order valence-corrected chi connectivity index (χ4v) is 3.26. The van der Waals surface area contributed by atoms with Gasteiger partial charge in [-0.25, -0.2) is 4.39 Å². The Morgan fingerprint density at radius 3 is 2.65 bits per heavy atom. The van der Waals surface area contributed by atoms with Gasteiger partial charge in [-0.2, -0.15) is 5.10 Å². The molecule has 26 heavy (non-hydrogen) atoms. The zero-order valence-electron chi connectivity index (χ0n) is 14.6. The Morgan fingerprint density at radius 1 is 1.19 bits per heavy atom. The zero-order valence-corrected chi connectivity index (χ0v) is 16.2. The van der Waals surface area contributed by atoms with Crippen molar-refractivity contribution < 1.29 is 9.18 Å². The maximum Gasteiger partial charge on any atom is 0.252 e. The van der Waals surface area contributed by atoms with Gasteiger partial charge in [0.2, 0.25) is 0 Å². The van der Waals surface area contributed by atoms with Crippen LogP contribution in [0, 0.1) is 19.7 Å². The molecule has 1 heterocycles. The van der Waals surface area contributed by atoms with E-state index in [1.165, 1.54) is 18.2 Å². The number of aryl methyl sites for hydroxylation is 1. The Hall–Kier alpha value is -2.47. The normalized spacial score (nSPS) is 10.8. The summed E-state index contributed by atoms with van der Waals surface area (Å²) in [7, 11) is 0. The Labute approximate surface area is 160 Å². The Morgan fingerprint density at radius 2 is 1.92 bits per heavy atom. The lowest BCUT2D eigenvalue weighted by Crippen LogP contribution is -2.24. The highest BCUT2D eigenvalue weighted by Crippen LogP contribution is 2.19. The molecule has 3 aromatic rings. The van der Waals surface area contributed by atoms with E-state index in [0.717, 1.165) is 22.5 Å². The molecule has 0 bridgehead atoms. The molecule has 2 aromatic carbocycles. The second-order valence-electron chi connectivity index (χ2n) is 6.10. The van der Waals surface area contributed by atoms with Crippen LogP contribution in [0.5, 0.6) is 0 Å². The lowest BCUT2D eigenvalue weighted by atomic mass is 10.1. The number of nitrogens with one attached hydrogen (secondary N) is 1. The number of benzene rings is 2. The van der Waals surface area contributed by atoms with E-state index in [1.807, 2.05) is 36.7 Å². The predicted molar refractivity (Wildman–Crippen MR) is 103 cm³/mol. The van der Waals surface area contributed by atoms with Crippen molar-refractivity contribution in [3.05, 3.63) is 86.9 Å². The van der Waals surface area contributed by atoms with Crippen molar-refractivity contribution >= 4 is 21.8 Å². The van der Waals surface area contributed by atoms with Crippen molar-refractivity contribution in [3.8, 4) is 0 Å². The third-order valence-electron chi connectivity index (χ3n) is 4.31. The molecule has 0 spiro atoms. The molecule has 6 heteroatoms. The second kappa shape index (κ2) is 7.83. The van der Waals surface area contributed by atoms with Gasteiger partial charge in [0, 0.05) is 22.3 Å². The Bertz CT molecular complexity index is 938. The molecule has 0 saturated carbocycles. The lowest BCUT2D eigenvalue weighted by Gasteiger charge is -2.08. The fourth-order valence-electron chi connectivity index (χ4n) is 2.84. The van der Waals surface area contributed by atoms with Crippen molar-refractivity contribution in [2.45, 2.75) is 26.9 Å². The summed E-state index contributed by atoms with van der Waals surface area (Å²) in [6.07, 6.45) is 0. The summed E-state index contributed by atoms with van der Waals surface area (Å²) in [5, 5.41) is 7.44. The molecule has 0 saturated heterocycles. The lowest BCUT2D eigenvalue weighted by molar-refractivity contribution is 0.0949. The molecule has 134 valence electrons. The monoisotopic (exact) mass is 415 g/mol. The number of halogens is 2. The van der Waals surface area contributed by atoms with E-state index in [-0.39, 0.29) is 11.5 Å². The van der Waals surface area contributed by atoms with Gasteiger partial charge in [-0.1, -0.05) is 30.3 Å². The molecule has 0 unspecified atom stereocenters. The first kappa shape index (κ1) is 18.3.